The van der Waals surface area contributed by atoms with E-state index in [-0.39, 0.29) is 12.5 Å². The number of anilines is 2. The molecule has 2 rings (SSSR count). The van der Waals surface area contributed by atoms with Crippen molar-refractivity contribution in [1.82, 2.24) is 0 Å². The number of methoxy groups -OCH3 is 2. The highest BCUT2D eigenvalue weighted by Crippen LogP contribution is 2.28. The number of hydrogen-bond donors (Lipinski definition) is 2. The number of nitrogens with one attached hydrogen (secondary N) is 2. The van der Waals surface area contributed by atoms with Crippen molar-refractivity contribution in [2.24, 2.45) is 0 Å². The highest BCUT2D eigenvalue weighted by Gasteiger charge is 2.08. The van der Waals surface area contributed by atoms with Gasteiger partial charge in [-0.15, -0.1) is 0 Å². The van der Waals surface area contributed by atoms with Gasteiger partial charge in [0.05, 0.1) is 33.1 Å². The minimum Gasteiger partial charge on any atom is -0.497 e. The van der Waals surface area contributed by atoms with Crippen molar-refractivity contribution in [3.63, 3.8) is 0 Å². The van der Waals surface area contributed by atoms with Gasteiger partial charge in [-0.1, -0.05) is 38.7 Å². The maximum absolute atomic E-state index is 12.3. The third-order valence-corrected chi connectivity index (χ3v) is 4.48. The zero-order valence-electron chi connectivity index (χ0n) is 17.6. The van der Waals surface area contributed by atoms with Crippen LogP contribution in [0.1, 0.15) is 39.0 Å². The Kier molecular flexibility index (Phi) is 9.69. The summed E-state index contributed by atoms with van der Waals surface area (Å²) in [5.41, 5.74) is 1.40. The lowest BCUT2D eigenvalue weighted by molar-refractivity contribution is -0.114. The van der Waals surface area contributed by atoms with Crippen molar-refractivity contribution in [3.05, 3.63) is 42.5 Å². The molecule has 0 spiro atoms. The molecule has 0 saturated heterocycles. The number of hydrogen-bond acceptors (Lipinski definition) is 5. The zero-order valence-corrected chi connectivity index (χ0v) is 17.6. The molecule has 6 heteroatoms. The summed E-state index contributed by atoms with van der Waals surface area (Å²) in [5.74, 6) is 1.94. The van der Waals surface area contributed by atoms with Crippen LogP contribution in [-0.4, -0.2) is 33.3 Å². The standard InChI is InChI=1S/C23H32N2O4/c1-4-5-6-7-8-14-29-20-11-9-10-18(15-20)25-23(26)17-24-21-16-19(27-2)12-13-22(21)28-3/h9-13,15-16,24H,4-8,14,17H2,1-3H3,(H,25,26). The Morgan fingerprint density at radius 2 is 1.76 bits per heavy atom. The molecule has 0 heterocycles. The predicted molar refractivity (Wildman–Crippen MR) is 117 cm³/mol. The monoisotopic (exact) mass is 400 g/mol. The quantitative estimate of drug-likeness (QED) is 0.458. The van der Waals surface area contributed by atoms with Gasteiger partial charge in [0.2, 0.25) is 5.91 Å². The van der Waals surface area contributed by atoms with Gasteiger partial charge in [0.1, 0.15) is 17.2 Å². The molecular formula is C23H32N2O4. The van der Waals surface area contributed by atoms with Gasteiger partial charge in [-0.25, -0.2) is 0 Å². The second-order valence-corrected chi connectivity index (χ2v) is 6.76. The van der Waals surface area contributed by atoms with Crippen molar-refractivity contribution < 1.29 is 19.0 Å². The molecule has 0 unspecified atom stereocenters. The molecule has 158 valence electrons. The highest BCUT2D eigenvalue weighted by atomic mass is 16.5. The van der Waals surface area contributed by atoms with E-state index in [2.05, 4.69) is 17.6 Å². The maximum Gasteiger partial charge on any atom is 0.243 e. The fourth-order valence-electron chi connectivity index (χ4n) is 2.89. The minimum absolute atomic E-state index is 0.103. The van der Waals surface area contributed by atoms with E-state index in [4.69, 9.17) is 14.2 Å². The lowest BCUT2D eigenvalue weighted by atomic mass is 10.2. The molecule has 0 saturated carbocycles. The van der Waals surface area contributed by atoms with Crippen LogP contribution in [0.2, 0.25) is 0 Å². The summed E-state index contributed by atoms with van der Waals surface area (Å²) >= 11 is 0. The van der Waals surface area contributed by atoms with E-state index < -0.39 is 0 Å². The molecule has 2 N–H and O–H groups in total. The van der Waals surface area contributed by atoms with Gasteiger partial charge < -0.3 is 24.8 Å². The second kappa shape index (κ2) is 12.5. The van der Waals surface area contributed by atoms with Gasteiger partial charge in [0, 0.05) is 17.8 Å². The van der Waals surface area contributed by atoms with Crippen LogP contribution >= 0.6 is 0 Å². The third kappa shape index (κ3) is 7.94. The van der Waals surface area contributed by atoms with Crippen LogP contribution in [0.3, 0.4) is 0 Å². The number of ether oxygens (including phenoxy) is 3. The van der Waals surface area contributed by atoms with Gasteiger partial charge in [-0.05, 0) is 30.7 Å². The summed E-state index contributed by atoms with van der Waals surface area (Å²) in [6.07, 6.45) is 5.99. The first kappa shape index (κ1) is 22.4. The molecule has 0 aliphatic rings. The molecule has 1 amide bonds. The first-order valence-corrected chi connectivity index (χ1v) is 10.1. The third-order valence-electron chi connectivity index (χ3n) is 4.48. The molecular weight excluding hydrogens is 368 g/mol. The summed E-state index contributed by atoms with van der Waals surface area (Å²) in [4.78, 5) is 12.3. The zero-order chi connectivity index (χ0) is 20.9. The SMILES string of the molecule is CCCCCCCOc1cccc(NC(=O)CNc2cc(OC)ccc2OC)c1. The van der Waals surface area contributed by atoms with E-state index in [1.54, 1.807) is 32.4 Å². The summed E-state index contributed by atoms with van der Waals surface area (Å²) in [6, 6.07) is 12.9. The Morgan fingerprint density at radius 3 is 2.52 bits per heavy atom. The Labute approximate surface area is 173 Å². The number of carbonyl (C=O) groups excluding carboxylic acids is 1. The molecule has 6 nitrogen and oxygen atoms in total. The maximum atomic E-state index is 12.3. The minimum atomic E-state index is -0.161. The summed E-state index contributed by atoms with van der Waals surface area (Å²) in [5, 5.41) is 5.97. The molecule has 0 fully saturated rings. The molecule has 0 atom stereocenters. The lowest BCUT2D eigenvalue weighted by Gasteiger charge is -2.13. The van der Waals surface area contributed by atoms with Gasteiger partial charge in [0.25, 0.3) is 0 Å². The Balaban J connectivity index is 1.82. The van der Waals surface area contributed by atoms with Crippen LogP contribution in [-0.2, 0) is 4.79 Å². The Hall–Kier alpha value is -2.89. The fourth-order valence-corrected chi connectivity index (χ4v) is 2.89. The van der Waals surface area contributed by atoms with Crippen LogP contribution in [0.4, 0.5) is 11.4 Å². The van der Waals surface area contributed by atoms with Crippen molar-refractivity contribution in [2.45, 2.75) is 39.0 Å². The van der Waals surface area contributed by atoms with E-state index in [9.17, 15) is 4.79 Å². The number of carbonyl (C=O) groups is 1. The number of rotatable bonds is 13. The molecule has 0 bridgehead atoms. The second-order valence-electron chi connectivity index (χ2n) is 6.76. The predicted octanol–water partition coefficient (Wildman–Crippen LogP) is 5.10. The average Bonchev–Trinajstić information content (AvgIpc) is 2.74. The van der Waals surface area contributed by atoms with E-state index in [1.807, 2.05) is 24.3 Å². The molecule has 0 aromatic heterocycles. The fraction of sp³-hybridized carbons (Fsp3) is 0.435. The van der Waals surface area contributed by atoms with E-state index >= 15 is 0 Å². The highest BCUT2D eigenvalue weighted by molar-refractivity contribution is 5.94. The van der Waals surface area contributed by atoms with Crippen molar-refractivity contribution >= 4 is 17.3 Å². The molecule has 29 heavy (non-hydrogen) atoms. The molecule has 2 aromatic carbocycles. The largest absolute Gasteiger partial charge is 0.497 e. The normalized spacial score (nSPS) is 10.3. The molecule has 0 aliphatic carbocycles. The van der Waals surface area contributed by atoms with Crippen LogP contribution in [0.5, 0.6) is 17.2 Å². The van der Waals surface area contributed by atoms with Gasteiger partial charge >= 0.3 is 0 Å². The Bertz CT molecular complexity index is 764. The van der Waals surface area contributed by atoms with Crippen LogP contribution < -0.4 is 24.8 Å². The topological polar surface area (TPSA) is 68.8 Å². The summed E-state index contributed by atoms with van der Waals surface area (Å²) < 4.78 is 16.3. The number of amides is 1. The van der Waals surface area contributed by atoms with E-state index in [1.165, 1.54) is 25.7 Å². The van der Waals surface area contributed by atoms with E-state index in [0.717, 1.165) is 12.2 Å². The summed E-state index contributed by atoms with van der Waals surface area (Å²) in [6.45, 7) is 3.00. The van der Waals surface area contributed by atoms with Crippen LogP contribution in [0.25, 0.3) is 0 Å². The van der Waals surface area contributed by atoms with Gasteiger partial charge in [-0.2, -0.15) is 0 Å². The van der Waals surface area contributed by atoms with Crippen LogP contribution in [0.15, 0.2) is 42.5 Å². The van der Waals surface area contributed by atoms with Crippen molar-refractivity contribution in [2.75, 3.05) is 38.0 Å². The number of unbranched alkanes of at least 4 members (excludes halogenated alkanes) is 4. The number of benzene rings is 2. The van der Waals surface area contributed by atoms with E-state index in [0.29, 0.717) is 29.5 Å². The molecule has 0 radical (unpaired) electrons. The smallest absolute Gasteiger partial charge is 0.243 e. The lowest BCUT2D eigenvalue weighted by Crippen LogP contribution is -2.22. The van der Waals surface area contributed by atoms with Crippen LogP contribution in [0, 0.1) is 0 Å². The average molecular weight is 401 g/mol. The molecule has 0 aliphatic heterocycles. The van der Waals surface area contributed by atoms with Gasteiger partial charge in [0.15, 0.2) is 0 Å². The summed E-state index contributed by atoms with van der Waals surface area (Å²) in [7, 11) is 3.18. The Morgan fingerprint density at radius 1 is 0.931 bits per heavy atom. The first-order chi connectivity index (χ1) is 14.2. The van der Waals surface area contributed by atoms with Crippen molar-refractivity contribution in [1.29, 1.82) is 0 Å². The molecule has 2 aromatic rings. The first-order valence-electron chi connectivity index (χ1n) is 10.1. The van der Waals surface area contributed by atoms with Crippen molar-refractivity contribution in [3.8, 4) is 17.2 Å². The van der Waals surface area contributed by atoms with Gasteiger partial charge in [-0.3, -0.25) is 4.79 Å².